The number of thioether (sulfide) groups is 1. The summed E-state index contributed by atoms with van der Waals surface area (Å²) in [5, 5.41) is 3.87. The van der Waals surface area contributed by atoms with E-state index in [1.807, 2.05) is 17.8 Å². The van der Waals surface area contributed by atoms with E-state index in [0.29, 0.717) is 11.1 Å². The molecule has 1 aliphatic rings. The molecule has 0 saturated heterocycles. The van der Waals surface area contributed by atoms with Crippen molar-refractivity contribution in [3.05, 3.63) is 17.0 Å². The molecule has 0 atom stereocenters. The van der Waals surface area contributed by atoms with Crippen LogP contribution in [0.2, 0.25) is 5.15 Å². The van der Waals surface area contributed by atoms with Gasteiger partial charge in [-0.2, -0.15) is 11.8 Å². The Morgan fingerprint density at radius 1 is 1.41 bits per heavy atom. The Balaban J connectivity index is 1.82. The van der Waals surface area contributed by atoms with Crippen LogP contribution in [0.15, 0.2) is 6.07 Å². The third-order valence-corrected chi connectivity index (χ3v) is 3.63. The van der Waals surface area contributed by atoms with Gasteiger partial charge in [-0.05, 0) is 37.7 Å². The fourth-order valence-corrected chi connectivity index (χ4v) is 2.32. The van der Waals surface area contributed by atoms with Crippen LogP contribution in [0.25, 0.3) is 0 Å². The van der Waals surface area contributed by atoms with Crippen molar-refractivity contribution in [1.29, 1.82) is 0 Å². The molecule has 1 aromatic rings. The van der Waals surface area contributed by atoms with Gasteiger partial charge in [0.05, 0.1) is 0 Å². The summed E-state index contributed by atoms with van der Waals surface area (Å²) in [5.74, 6) is 3.55. The minimum atomic E-state index is 0.547. The predicted molar refractivity (Wildman–Crippen MR) is 75.1 cm³/mol. The van der Waals surface area contributed by atoms with E-state index < -0.39 is 0 Å². The van der Waals surface area contributed by atoms with Gasteiger partial charge < -0.3 is 5.32 Å². The number of nitrogens with one attached hydrogen (secondary N) is 1. The highest BCUT2D eigenvalue weighted by Crippen LogP contribution is 2.38. The Hall–Kier alpha value is -0.480. The van der Waals surface area contributed by atoms with E-state index >= 15 is 0 Å². The fourth-order valence-electron chi connectivity index (χ4n) is 1.64. The van der Waals surface area contributed by atoms with Crippen LogP contribution in [-0.4, -0.2) is 28.5 Å². The second-order valence-electron chi connectivity index (χ2n) is 4.34. The summed E-state index contributed by atoms with van der Waals surface area (Å²) in [5.41, 5.74) is 0. The number of hydrogen-bond acceptors (Lipinski definition) is 4. The van der Waals surface area contributed by atoms with Crippen LogP contribution in [0, 0.1) is 0 Å². The minimum absolute atomic E-state index is 0.547. The molecular weight excluding hydrogens is 254 g/mol. The second kappa shape index (κ2) is 6.45. The first-order valence-electron chi connectivity index (χ1n) is 6.07. The van der Waals surface area contributed by atoms with E-state index in [1.54, 1.807) is 0 Å². The van der Waals surface area contributed by atoms with Gasteiger partial charge in [0.15, 0.2) is 0 Å². The molecule has 0 unspecified atom stereocenters. The van der Waals surface area contributed by atoms with Gasteiger partial charge in [-0.15, -0.1) is 0 Å². The topological polar surface area (TPSA) is 37.8 Å². The Labute approximate surface area is 112 Å². The number of aromatic nitrogens is 2. The van der Waals surface area contributed by atoms with Crippen LogP contribution in [-0.2, 0) is 0 Å². The van der Waals surface area contributed by atoms with E-state index in [9.17, 15) is 0 Å². The summed E-state index contributed by atoms with van der Waals surface area (Å²) in [6.45, 7) is 0.956. The van der Waals surface area contributed by atoms with Gasteiger partial charge in [0.2, 0.25) is 0 Å². The zero-order valence-electron chi connectivity index (χ0n) is 10.1. The molecule has 1 N–H and O–H groups in total. The lowest BCUT2D eigenvalue weighted by Gasteiger charge is -2.07. The van der Waals surface area contributed by atoms with Gasteiger partial charge in [-0.25, -0.2) is 9.97 Å². The fraction of sp³-hybridized carbons (Fsp3) is 0.667. The maximum Gasteiger partial charge on any atom is 0.135 e. The molecule has 0 aromatic carbocycles. The summed E-state index contributed by atoms with van der Waals surface area (Å²) in [7, 11) is 0. The van der Waals surface area contributed by atoms with Crippen LogP contribution < -0.4 is 5.32 Å². The Morgan fingerprint density at radius 2 is 2.24 bits per heavy atom. The van der Waals surface area contributed by atoms with Crippen LogP contribution in [0.5, 0.6) is 0 Å². The Morgan fingerprint density at radius 3 is 2.94 bits per heavy atom. The Kier molecular flexibility index (Phi) is 4.92. The highest BCUT2D eigenvalue weighted by atomic mass is 35.5. The van der Waals surface area contributed by atoms with Crippen molar-refractivity contribution >= 4 is 29.2 Å². The SMILES string of the molecule is CSCCCCNc1cc(Cl)nc(C2CC2)n1. The van der Waals surface area contributed by atoms with Gasteiger partial charge in [-0.1, -0.05) is 11.6 Å². The van der Waals surface area contributed by atoms with Crippen molar-refractivity contribution in [1.82, 2.24) is 9.97 Å². The summed E-state index contributed by atoms with van der Waals surface area (Å²) < 4.78 is 0. The molecule has 0 aliphatic heterocycles. The number of anilines is 1. The molecule has 17 heavy (non-hydrogen) atoms. The molecule has 0 amide bonds. The molecule has 0 radical (unpaired) electrons. The first kappa shape index (κ1) is 13.0. The molecule has 1 aromatic heterocycles. The maximum atomic E-state index is 5.99. The number of hydrogen-bond donors (Lipinski definition) is 1. The van der Waals surface area contributed by atoms with E-state index in [4.69, 9.17) is 11.6 Å². The van der Waals surface area contributed by atoms with Crippen molar-refractivity contribution < 1.29 is 0 Å². The minimum Gasteiger partial charge on any atom is -0.370 e. The molecular formula is C12H18ClN3S. The average molecular weight is 272 g/mol. The predicted octanol–water partition coefficient (Wildman–Crippen LogP) is 3.56. The monoisotopic (exact) mass is 271 g/mol. The van der Waals surface area contributed by atoms with Crippen molar-refractivity contribution in [2.24, 2.45) is 0 Å². The molecule has 94 valence electrons. The smallest absolute Gasteiger partial charge is 0.135 e. The molecule has 1 saturated carbocycles. The summed E-state index contributed by atoms with van der Waals surface area (Å²) in [6.07, 6.45) is 6.95. The standard InChI is InChI=1S/C12H18ClN3S/c1-17-7-3-2-6-14-11-8-10(13)15-12(16-11)9-4-5-9/h8-9H,2-7H2,1H3,(H,14,15,16). The van der Waals surface area contributed by atoms with Crippen molar-refractivity contribution in [3.63, 3.8) is 0 Å². The highest BCUT2D eigenvalue weighted by molar-refractivity contribution is 7.98. The second-order valence-corrected chi connectivity index (χ2v) is 5.71. The first-order chi connectivity index (χ1) is 8.29. The lowest BCUT2D eigenvalue weighted by molar-refractivity contribution is 0.834. The lowest BCUT2D eigenvalue weighted by Crippen LogP contribution is -2.06. The third kappa shape index (κ3) is 4.36. The molecule has 2 rings (SSSR count). The molecule has 1 heterocycles. The van der Waals surface area contributed by atoms with E-state index in [-0.39, 0.29) is 0 Å². The maximum absolute atomic E-state index is 5.99. The summed E-state index contributed by atoms with van der Waals surface area (Å²) >= 11 is 7.88. The van der Waals surface area contributed by atoms with Crippen LogP contribution >= 0.6 is 23.4 Å². The first-order valence-corrected chi connectivity index (χ1v) is 7.84. The molecule has 5 heteroatoms. The van der Waals surface area contributed by atoms with E-state index in [2.05, 4.69) is 21.5 Å². The normalized spacial score (nSPS) is 14.9. The summed E-state index contributed by atoms with van der Waals surface area (Å²) in [4.78, 5) is 8.77. The van der Waals surface area contributed by atoms with Crippen molar-refractivity contribution in [2.45, 2.75) is 31.6 Å². The van der Waals surface area contributed by atoms with Gasteiger partial charge in [-0.3, -0.25) is 0 Å². The molecule has 3 nitrogen and oxygen atoms in total. The van der Waals surface area contributed by atoms with Gasteiger partial charge >= 0.3 is 0 Å². The molecule has 1 aliphatic carbocycles. The van der Waals surface area contributed by atoms with Gasteiger partial charge in [0, 0.05) is 18.5 Å². The highest BCUT2D eigenvalue weighted by Gasteiger charge is 2.27. The quantitative estimate of drug-likeness (QED) is 0.608. The molecule has 1 fully saturated rings. The third-order valence-electron chi connectivity index (χ3n) is 2.74. The molecule has 0 bridgehead atoms. The largest absolute Gasteiger partial charge is 0.370 e. The van der Waals surface area contributed by atoms with Crippen LogP contribution in [0.3, 0.4) is 0 Å². The zero-order chi connectivity index (χ0) is 12.1. The number of unbranched alkanes of at least 4 members (excludes halogenated alkanes) is 1. The van der Waals surface area contributed by atoms with Crippen molar-refractivity contribution in [2.75, 3.05) is 23.9 Å². The molecule has 0 spiro atoms. The number of halogens is 1. The summed E-state index contributed by atoms with van der Waals surface area (Å²) in [6, 6.07) is 1.81. The van der Waals surface area contributed by atoms with Gasteiger partial charge in [0.25, 0.3) is 0 Å². The lowest BCUT2D eigenvalue weighted by atomic mass is 10.3. The van der Waals surface area contributed by atoms with Crippen LogP contribution in [0.4, 0.5) is 5.82 Å². The number of rotatable bonds is 7. The number of nitrogens with zero attached hydrogens (tertiary/aromatic N) is 2. The average Bonchev–Trinajstić information content (AvgIpc) is 3.12. The van der Waals surface area contributed by atoms with E-state index in [0.717, 1.165) is 18.2 Å². The zero-order valence-corrected chi connectivity index (χ0v) is 11.7. The Bertz CT molecular complexity index is 369. The van der Waals surface area contributed by atoms with Crippen LogP contribution in [0.1, 0.15) is 37.4 Å². The van der Waals surface area contributed by atoms with Crippen molar-refractivity contribution in [3.8, 4) is 0 Å². The van der Waals surface area contributed by atoms with Gasteiger partial charge in [0.1, 0.15) is 16.8 Å². The van der Waals surface area contributed by atoms with E-state index in [1.165, 1.54) is 31.4 Å².